The molecule has 1 aromatic rings. The van der Waals surface area contributed by atoms with Crippen molar-refractivity contribution in [3.63, 3.8) is 0 Å². The monoisotopic (exact) mass is 310 g/mol. The number of alkyl halides is 4. The summed E-state index contributed by atoms with van der Waals surface area (Å²) >= 11 is 3.45. The maximum Gasteiger partial charge on any atom is 0.419 e. The summed E-state index contributed by atoms with van der Waals surface area (Å²) in [4.78, 5) is 0.354. The minimum atomic E-state index is -4.62. The standard InChI is InChI=1S/C12H11BrF4/c13-9-3-1-7(5-9)8-2-4-11(14)10(6-8)12(15,16)17/h2,4,6-7,9H,1,3,5H2. The summed E-state index contributed by atoms with van der Waals surface area (Å²) in [6.07, 6.45) is -2.02. The van der Waals surface area contributed by atoms with Crippen LogP contribution in [0.5, 0.6) is 0 Å². The van der Waals surface area contributed by atoms with Crippen LogP contribution in [0.15, 0.2) is 18.2 Å². The summed E-state index contributed by atoms with van der Waals surface area (Å²) in [5, 5.41) is 0. The highest BCUT2D eigenvalue weighted by Gasteiger charge is 2.35. The molecule has 2 unspecified atom stereocenters. The molecular weight excluding hydrogens is 300 g/mol. The van der Waals surface area contributed by atoms with Crippen molar-refractivity contribution in [3.8, 4) is 0 Å². The van der Waals surface area contributed by atoms with Crippen molar-refractivity contribution < 1.29 is 17.6 Å². The van der Waals surface area contributed by atoms with Gasteiger partial charge in [0.05, 0.1) is 5.56 Å². The van der Waals surface area contributed by atoms with Gasteiger partial charge in [0.25, 0.3) is 0 Å². The first kappa shape index (κ1) is 12.9. The van der Waals surface area contributed by atoms with E-state index in [0.29, 0.717) is 10.4 Å². The highest BCUT2D eigenvalue weighted by atomic mass is 79.9. The number of hydrogen-bond acceptors (Lipinski definition) is 0. The summed E-state index contributed by atoms with van der Waals surface area (Å²) in [7, 11) is 0. The Kier molecular flexibility index (Phi) is 3.48. The second-order valence-corrected chi connectivity index (χ2v) is 5.64. The zero-order chi connectivity index (χ0) is 12.6. The Morgan fingerprint density at radius 1 is 1.18 bits per heavy atom. The summed E-state index contributed by atoms with van der Waals surface area (Å²) in [6.45, 7) is 0. The van der Waals surface area contributed by atoms with Crippen molar-refractivity contribution in [1.29, 1.82) is 0 Å². The molecule has 0 amide bonds. The predicted octanol–water partition coefficient (Wildman–Crippen LogP) is 4.88. The Balaban J connectivity index is 2.31. The largest absolute Gasteiger partial charge is 0.419 e. The number of rotatable bonds is 1. The highest BCUT2D eigenvalue weighted by molar-refractivity contribution is 9.09. The Hall–Kier alpha value is -0.580. The van der Waals surface area contributed by atoms with Gasteiger partial charge in [-0.1, -0.05) is 22.0 Å². The van der Waals surface area contributed by atoms with Crippen molar-refractivity contribution in [1.82, 2.24) is 0 Å². The van der Waals surface area contributed by atoms with Gasteiger partial charge in [0.1, 0.15) is 5.82 Å². The molecule has 0 saturated heterocycles. The van der Waals surface area contributed by atoms with Crippen LogP contribution >= 0.6 is 15.9 Å². The molecule has 0 aromatic heterocycles. The molecule has 1 aromatic carbocycles. The number of hydrogen-bond donors (Lipinski definition) is 0. The Morgan fingerprint density at radius 2 is 1.88 bits per heavy atom. The second-order valence-electron chi connectivity index (χ2n) is 4.34. The average molecular weight is 311 g/mol. The topological polar surface area (TPSA) is 0 Å². The molecule has 1 aliphatic rings. The van der Waals surface area contributed by atoms with Gasteiger partial charge in [0.15, 0.2) is 0 Å². The smallest absolute Gasteiger partial charge is 0.206 e. The molecule has 1 fully saturated rings. The Morgan fingerprint density at radius 3 is 2.41 bits per heavy atom. The maximum atomic E-state index is 13.1. The summed E-state index contributed by atoms with van der Waals surface area (Å²) in [6, 6.07) is 3.32. The first-order chi connectivity index (χ1) is 7.88. The molecule has 1 aliphatic carbocycles. The molecule has 0 bridgehead atoms. The molecule has 0 nitrogen and oxygen atoms in total. The maximum absolute atomic E-state index is 13.1. The lowest BCUT2D eigenvalue weighted by Gasteiger charge is -2.14. The van der Waals surface area contributed by atoms with E-state index in [9.17, 15) is 17.6 Å². The van der Waals surface area contributed by atoms with E-state index in [4.69, 9.17) is 0 Å². The van der Waals surface area contributed by atoms with Crippen molar-refractivity contribution in [2.24, 2.45) is 0 Å². The van der Waals surface area contributed by atoms with Gasteiger partial charge in [0, 0.05) is 4.83 Å². The molecule has 0 heterocycles. The molecular formula is C12H11BrF4. The molecule has 2 rings (SSSR count). The molecule has 0 N–H and O–H groups in total. The van der Waals surface area contributed by atoms with Crippen LogP contribution in [0.25, 0.3) is 0 Å². The molecule has 94 valence electrons. The molecule has 2 atom stereocenters. The highest BCUT2D eigenvalue weighted by Crippen LogP contribution is 2.40. The molecule has 5 heteroatoms. The van der Waals surface area contributed by atoms with Crippen LogP contribution < -0.4 is 0 Å². The van der Waals surface area contributed by atoms with E-state index in [1.54, 1.807) is 0 Å². The van der Waals surface area contributed by atoms with Crippen molar-refractivity contribution in [2.75, 3.05) is 0 Å². The summed E-state index contributed by atoms with van der Waals surface area (Å²) in [5.74, 6) is -1.10. The van der Waals surface area contributed by atoms with E-state index < -0.39 is 17.6 Å². The third-order valence-electron chi connectivity index (χ3n) is 3.14. The zero-order valence-corrected chi connectivity index (χ0v) is 10.5. The Bertz CT molecular complexity index is 413. The summed E-state index contributed by atoms with van der Waals surface area (Å²) < 4.78 is 50.7. The molecule has 1 saturated carbocycles. The van der Waals surface area contributed by atoms with Crippen LogP contribution in [0.2, 0.25) is 0 Å². The van der Waals surface area contributed by atoms with Crippen molar-refractivity contribution in [3.05, 3.63) is 35.1 Å². The minimum absolute atomic E-state index is 0.0982. The number of benzene rings is 1. The molecule has 0 aliphatic heterocycles. The fraction of sp³-hybridized carbons (Fsp3) is 0.500. The van der Waals surface area contributed by atoms with Gasteiger partial charge in [-0.25, -0.2) is 4.39 Å². The van der Waals surface area contributed by atoms with E-state index in [-0.39, 0.29) is 5.92 Å². The van der Waals surface area contributed by atoms with Crippen LogP contribution in [0, 0.1) is 5.82 Å². The summed E-state index contributed by atoms with van der Waals surface area (Å²) in [5.41, 5.74) is -0.575. The van der Waals surface area contributed by atoms with Gasteiger partial charge in [-0.2, -0.15) is 13.2 Å². The van der Waals surface area contributed by atoms with Gasteiger partial charge in [0.2, 0.25) is 0 Å². The van der Waals surface area contributed by atoms with Crippen LogP contribution in [0.4, 0.5) is 17.6 Å². The first-order valence-electron chi connectivity index (χ1n) is 5.38. The number of halogens is 5. The average Bonchev–Trinajstić information content (AvgIpc) is 2.64. The normalized spacial score (nSPS) is 25.2. The van der Waals surface area contributed by atoms with Crippen LogP contribution in [-0.4, -0.2) is 4.83 Å². The van der Waals surface area contributed by atoms with E-state index in [2.05, 4.69) is 15.9 Å². The second kappa shape index (κ2) is 4.59. The van der Waals surface area contributed by atoms with Crippen LogP contribution in [0.3, 0.4) is 0 Å². The van der Waals surface area contributed by atoms with E-state index in [1.807, 2.05) is 0 Å². The van der Waals surface area contributed by atoms with Gasteiger partial charge in [-0.15, -0.1) is 0 Å². The molecule has 17 heavy (non-hydrogen) atoms. The van der Waals surface area contributed by atoms with Gasteiger partial charge in [-0.3, -0.25) is 0 Å². The van der Waals surface area contributed by atoms with Crippen LogP contribution in [-0.2, 0) is 6.18 Å². The van der Waals surface area contributed by atoms with E-state index in [0.717, 1.165) is 31.4 Å². The molecule has 0 radical (unpaired) electrons. The SMILES string of the molecule is Fc1ccc(C2CCC(Br)C2)cc1C(F)(F)F. The predicted molar refractivity (Wildman–Crippen MR) is 60.7 cm³/mol. The van der Waals surface area contributed by atoms with Gasteiger partial charge < -0.3 is 0 Å². The quantitative estimate of drug-likeness (QED) is 0.512. The van der Waals surface area contributed by atoms with E-state index in [1.165, 1.54) is 6.07 Å². The lowest BCUT2D eigenvalue weighted by molar-refractivity contribution is -0.140. The van der Waals surface area contributed by atoms with Gasteiger partial charge >= 0.3 is 6.18 Å². The molecule has 0 spiro atoms. The fourth-order valence-corrected chi connectivity index (χ4v) is 2.96. The lowest BCUT2D eigenvalue weighted by atomic mass is 9.95. The minimum Gasteiger partial charge on any atom is -0.206 e. The third-order valence-corrected chi connectivity index (χ3v) is 3.97. The van der Waals surface area contributed by atoms with E-state index >= 15 is 0 Å². The third kappa shape index (κ3) is 2.81. The lowest BCUT2D eigenvalue weighted by Crippen LogP contribution is -2.09. The zero-order valence-electron chi connectivity index (χ0n) is 8.90. The fourth-order valence-electron chi connectivity index (χ4n) is 2.24. The Labute approximate surface area is 105 Å². The van der Waals surface area contributed by atoms with Crippen molar-refractivity contribution in [2.45, 2.75) is 36.2 Å². The van der Waals surface area contributed by atoms with Crippen LogP contribution in [0.1, 0.15) is 36.3 Å². The van der Waals surface area contributed by atoms with Crippen molar-refractivity contribution >= 4 is 15.9 Å². The first-order valence-corrected chi connectivity index (χ1v) is 6.30. The van der Waals surface area contributed by atoms with Gasteiger partial charge in [-0.05, 0) is 42.9 Å².